The van der Waals surface area contributed by atoms with Gasteiger partial charge >= 0.3 is 0 Å². The predicted molar refractivity (Wildman–Crippen MR) is 82.4 cm³/mol. The Morgan fingerprint density at radius 2 is 1.91 bits per heavy atom. The maximum atomic E-state index is 13.1. The molecule has 0 atom stereocenters. The molecule has 4 nitrogen and oxygen atoms in total. The Hall–Kier alpha value is -2.36. The number of nitrogens with zero attached hydrogens (tertiary/aromatic N) is 1. The van der Waals surface area contributed by atoms with E-state index in [0.717, 1.165) is 6.20 Å². The third kappa shape index (κ3) is 3.64. The van der Waals surface area contributed by atoms with E-state index in [9.17, 15) is 12.8 Å². The summed E-state index contributed by atoms with van der Waals surface area (Å²) in [6.07, 6.45) is 1.03. The fourth-order valence-electron chi connectivity index (χ4n) is 1.64. The molecule has 0 bridgehead atoms. The van der Waals surface area contributed by atoms with Crippen LogP contribution in [0.15, 0.2) is 64.5 Å². The first-order valence-corrected chi connectivity index (χ1v) is 7.92. The van der Waals surface area contributed by atoms with Crippen LogP contribution in [-0.4, -0.2) is 8.42 Å². The molecule has 0 fully saturated rings. The Kier molecular flexibility index (Phi) is 4.81. The molecule has 112 valence electrons. The molecule has 0 aromatic heterocycles. The lowest BCUT2D eigenvalue weighted by Gasteiger charge is -2.05. The highest BCUT2D eigenvalue weighted by Gasteiger charge is 2.20. The zero-order chi connectivity index (χ0) is 16.2. The summed E-state index contributed by atoms with van der Waals surface area (Å²) in [5, 5.41) is 12.1. The Morgan fingerprint density at radius 3 is 2.50 bits per heavy atom. The number of anilines is 1. The number of sulfone groups is 1. The number of rotatable bonds is 4. The minimum atomic E-state index is -3.96. The highest BCUT2D eigenvalue weighted by molar-refractivity contribution is 7.95. The first kappa shape index (κ1) is 16.0. The highest BCUT2D eigenvalue weighted by atomic mass is 35.5. The Bertz CT molecular complexity index is 856. The summed E-state index contributed by atoms with van der Waals surface area (Å²) in [6, 6.07) is 12.5. The van der Waals surface area contributed by atoms with Crippen LogP contribution in [-0.2, 0) is 9.84 Å². The van der Waals surface area contributed by atoms with Crippen molar-refractivity contribution in [3.05, 3.63) is 70.5 Å². The van der Waals surface area contributed by atoms with Gasteiger partial charge in [-0.2, -0.15) is 5.26 Å². The van der Waals surface area contributed by atoms with Crippen molar-refractivity contribution in [3.63, 3.8) is 0 Å². The molecule has 2 rings (SSSR count). The summed E-state index contributed by atoms with van der Waals surface area (Å²) < 4.78 is 37.7. The van der Waals surface area contributed by atoms with Gasteiger partial charge in [-0.1, -0.05) is 17.7 Å². The number of hydrogen-bond donors (Lipinski definition) is 1. The van der Waals surface area contributed by atoms with E-state index in [-0.39, 0.29) is 4.90 Å². The number of halogens is 2. The lowest BCUT2D eigenvalue weighted by molar-refractivity contribution is 0.603. The fraction of sp³-hybridized carbons (Fsp3) is 0. The van der Waals surface area contributed by atoms with Crippen LogP contribution in [0.1, 0.15) is 0 Å². The number of nitriles is 1. The Balaban J connectivity index is 2.32. The van der Waals surface area contributed by atoms with Gasteiger partial charge in [0.05, 0.1) is 4.90 Å². The van der Waals surface area contributed by atoms with Crippen LogP contribution in [0.3, 0.4) is 0 Å². The second-order valence-corrected chi connectivity index (χ2v) is 6.59. The number of nitrogens with one attached hydrogen (secondary N) is 1. The molecule has 0 heterocycles. The lowest BCUT2D eigenvalue weighted by Crippen LogP contribution is -2.05. The van der Waals surface area contributed by atoms with Crippen molar-refractivity contribution in [3.8, 4) is 6.07 Å². The van der Waals surface area contributed by atoms with E-state index in [4.69, 9.17) is 16.9 Å². The number of allylic oxidation sites excluding steroid dienone is 1. The first-order valence-electron chi connectivity index (χ1n) is 6.06. The van der Waals surface area contributed by atoms with E-state index in [1.165, 1.54) is 42.5 Å². The standard InChI is InChI=1S/C15H10ClFN2O2S/c16-11-4-6-14(7-5-11)22(20,21)15(9-18)10-19-13-3-1-2-12(17)8-13/h1-8,10,19H. The van der Waals surface area contributed by atoms with Crippen molar-refractivity contribution in [2.24, 2.45) is 0 Å². The van der Waals surface area contributed by atoms with Gasteiger partial charge in [0.25, 0.3) is 0 Å². The minimum Gasteiger partial charge on any atom is -0.360 e. The van der Waals surface area contributed by atoms with Crippen LogP contribution in [0.2, 0.25) is 5.02 Å². The van der Waals surface area contributed by atoms with Crippen molar-refractivity contribution >= 4 is 27.1 Å². The molecule has 1 N–H and O–H groups in total. The summed E-state index contributed by atoms with van der Waals surface area (Å²) in [4.78, 5) is -0.537. The van der Waals surface area contributed by atoms with Crippen molar-refractivity contribution in [2.75, 3.05) is 5.32 Å². The van der Waals surface area contributed by atoms with Gasteiger partial charge in [-0.3, -0.25) is 0 Å². The molecule has 0 aliphatic rings. The maximum Gasteiger partial charge on any atom is 0.218 e. The normalized spacial score (nSPS) is 11.8. The Morgan fingerprint density at radius 1 is 1.23 bits per heavy atom. The fourth-order valence-corrected chi connectivity index (χ4v) is 2.85. The lowest BCUT2D eigenvalue weighted by atomic mass is 10.3. The number of benzene rings is 2. The van der Waals surface area contributed by atoms with Gasteiger partial charge < -0.3 is 5.32 Å². The quantitative estimate of drug-likeness (QED) is 0.864. The van der Waals surface area contributed by atoms with Gasteiger partial charge in [0.15, 0.2) is 4.91 Å². The molecule has 0 radical (unpaired) electrons. The monoisotopic (exact) mass is 336 g/mol. The maximum absolute atomic E-state index is 13.1. The van der Waals surface area contributed by atoms with Crippen LogP contribution in [0, 0.1) is 17.1 Å². The van der Waals surface area contributed by atoms with Gasteiger partial charge in [-0.05, 0) is 42.5 Å². The SMILES string of the molecule is N#CC(=CNc1cccc(F)c1)S(=O)(=O)c1ccc(Cl)cc1. The molecule has 2 aromatic rings. The zero-order valence-electron chi connectivity index (χ0n) is 11.1. The van der Waals surface area contributed by atoms with Gasteiger partial charge in [0.2, 0.25) is 9.84 Å². The molecule has 7 heteroatoms. The molecule has 2 aromatic carbocycles. The van der Waals surface area contributed by atoms with Gasteiger partial charge in [0, 0.05) is 16.9 Å². The van der Waals surface area contributed by atoms with E-state index < -0.39 is 20.6 Å². The summed E-state index contributed by atoms with van der Waals surface area (Å²) in [5.41, 5.74) is 0.332. The molecule has 0 spiro atoms. The molecule has 0 amide bonds. The molecule has 0 aliphatic carbocycles. The van der Waals surface area contributed by atoms with E-state index in [0.29, 0.717) is 10.7 Å². The highest BCUT2D eigenvalue weighted by Crippen LogP contribution is 2.21. The zero-order valence-corrected chi connectivity index (χ0v) is 12.7. The third-order valence-corrected chi connectivity index (χ3v) is 4.65. The molecular formula is C15H10ClFN2O2S. The third-order valence-electron chi connectivity index (χ3n) is 2.72. The van der Waals surface area contributed by atoms with E-state index in [2.05, 4.69) is 5.32 Å². The predicted octanol–water partition coefficient (Wildman–Crippen LogP) is 3.73. The molecule has 0 unspecified atom stereocenters. The second-order valence-electron chi connectivity index (χ2n) is 4.23. The number of hydrogen-bond acceptors (Lipinski definition) is 4. The van der Waals surface area contributed by atoms with Gasteiger partial charge in [-0.25, -0.2) is 12.8 Å². The van der Waals surface area contributed by atoms with Gasteiger partial charge in [0.1, 0.15) is 11.9 Å². The van der Waals surface area contributed by atoms with Crippen LogP contribution in [0.4, 0.5) is 10.1 Å². The van der Waals surface area contributed by atoms with Gasteiger partial charge in [-0.15, -0.1) is 0 Å². The van der Waals surface area contributed by atoms with E-state index in [1.807, 2.05) is 0 Å². The molecule has 0 aliphatic heterocycles. The van der Waals surface area contributed by atoms with Crippen LogP contribution < -0.4 is 5.32 Å². The first-order chi connectivity index (χ1) is 10.4. The molecule has 0 saturated carbocycles. The van der Waals surface area contributed by atoms with Crippen molar-refractivity contribution in [1.29, 1.82) is 5.26 Å². The summed E-state index contributed by atoms with van der Waals surface area (Å²) in [6.45, 7) is 0. The smallest absolute Gasteiger partial charge is 0.218 e. The molecule has 22 heavy (non-hydrogen) atoms. The molecular weight excluding hydrogens is 327 g/mol. The summed E-state index contributed by atoms with van der Waals surface area (Å²) >= 11 is 5.71. The largest absolute Gasteiger partial charge is 0.360 e. The average molecular weight is 337 g/mol. The summed E-state index contributed by atoms with van der Waals surface area (Å²) in [7, 11) is -3.96. The van der Waals surface area contributed by atoms with Crippen molar-refractivity contribution in [1.82, 2.24) is 0 Å². The topological polar surface area (TPSA) is 70.0 Å². The Labute approximate surface area is 132 Å². The van der Waals surface area contributed by atoms with Crippen LogP contribution in [0.25, 0.3) is 0 Å². The van der Waals surface area contributed by atoms with Crippen molar-refractivity contribution in [2.45, 2.75) is 4.90 Å². The average Bonchev–Trinajstić information content (AvgIpc) is 2.48. The summed E-state index contributed by atoms with van der Waals surface area (Å²) in [5.74, 6) is -0.475. The minimum absolute atomic E-state index is 0.0502. The van der Waals surface area contributed by atoms with Crippen LogP contribution in [0.5, 0.6) is 0 Å². The molecule has 0 saturated heterocycles. The van der Waals surface area contributed by atoms with E-state index >= 15 is 0 Å². The second kappa shape index (κ2) is 6.60. The van der Waals surface area contributed by atoms with Crippen molar-refractivity contribution < 1.29 is 12.8 Å². The van der Waals surface area contributed by atoms with Crippen LogP contribution >= 0.6 is 11.6 Å². The van der Waals surface area contributed by atoms with E-state index in [1.54, 1.807) is 12.1 Å².